The molecule has 1 fully saturated rings. The van der Waals surface area contributed by atoms with Crippen molar-refractivity contribution in [3.8, 4) is 0 Å². The number of aliphatic hydroxyl groups is 1. The Bertz CT molecular complexity index is 1390. The Morgan fingerprint density at radius 2 is 1.50 bits per heavy atom. The van der Waals surface area contributed by atoms with E-state index in [1.54, 1.807) is 6.20 Å². The number of nitrogens with one attached hydrogen (secondary N) is 1. The zero-order valence-electron chi connectivity index (χ0n) is 16.5. The van der Waals surface area contributed by atoms with Crippen LogP contribution < -0.4 is 4.90 Å². The van der Waals surface area contributed by atoms with Gasteiger partial charge in [-0.3, -0.25) is 14.5 Å². The van der Waals surface area contributed by atoms with E-state index in [9.17, 15) is 23.5 Å². The number of Topliss-reactive ketones (excluding diaryl/α,β-unsaturated/α-hetero) is 1. The van der Waals surface area contributed by atoms with E-state index < -0.39 is 35.1 Å². The molecule has 158 valence electrons. The molecule has 0 saturated carbocycles. The first-order chi connectivity index (χ1) is 15.5. The van der Waals surface area contributed by atoms with Crippen LogP contribution in [0.2, 0.25) is 0 Å². The van der Waals surface area contributed by atoms with E-state index in [-0.39, 0.29) is 11.1 Å². The van der Waals surface area contributed by atoms with Crippen molar-refractivity contribution in [2.75, 3.05) is 4.90 Å². The molecule has 0 bridgehead atoms. The summed E-state index contributed by atoms with van der Waals surface area (Å²) in [6.07, 6.45) is 1.68. The maximum absolute atomic E-state index is 13.5. The molecule has 1 aliphatic rings. The van der Waals surface area contributed by atoms with Crippen LogP contribution in [0.25, 0.3) is 16.7 Å². The first kappa shape index (κ1) is 19.7. The molecule has 2 N–H and O–H groups in total. The van der Waals surface area contributed by atoms with Crippen LogP contribution in [0.1, 0.15) is 17.2 Å². The fourth-order valence-electron chi connectivity index (χ4n) is 4.08. The van der Waals surface area contributed by atoms with Gasteiger partial charge in [-0.1, -0.05) is 18.2 Å². The maximum atomic E-state index is 13.5. The molecule has 32 heavy (non-hydrogen) atoms. The number of hydrogen-bond acceptors (Lipinski definition) is 3. The Labute approximate surface area is 181 Å². The van der Waals surface area contributed by atoms with E-state index in [2.05, 4.69) is 4.98 Å². The summed E-state index contributed by atoms with van der Waals surface area (Å²) in [5.41, 5.74) is 1.76. The second kappa shape index (κ2) is 7.46. The highest BCUT2D eigenvalue weighted by atomic mass is 19.1. The Balaban J connectivity index is 1.77. The molecule has 3 aromatic carbocycles. The van der Waals surface area contributed by atoms with Crippen LogP contribution in [-0.4, -0.2) is 21.8 Å². The average Bonchev–Trinajstić information content (AvgIpc) is 3.33. The van der Waals surface area contributed by atoms with Gasteiger partial charge in [0, 0.05) is 33.9 Å². The molecule has 0 spiro atoms. The quantitative estimate of drug-likeness (QED) is 0.271. The zero-order chi connectivity index (χ0) is 22.4. The minimum absolute atomic E-state index is 0.129. The number of H-pyrrole nitrogens is 1. The van der Waals surface area contributed by atoms with Crippen LogP contribution in [-0.2, 0) is 9.59 Å². The van der Waals surface area contributed by atoms with Crippen molar-refractivity contribution in [1.82, 2.24) is 4.98 Å². The lowest BCUT2D eigenvalue weighted by molar-refractivity contribution is -0.132. The Morgan fingerprint density at radius 3 is 2.19 bits per heavy atom. The number of benzene rings is 3. The summed E-state index contributed by atoms with van der Waals surface area (Å²) in [5.74, 6) is -3.13. The summed E-state index contributed by atoms with van der Waals surface area (Å²) in [4.78, 5) is 30.6. The number of ketones is 1. The van der Waals surface area contributed by atoms with Gasteiger partial charge in [-0.2, -0.15) is 0 Å². The lowest BCUT2D eigenvalue weighted by atomic mass is 9.94. The molecule has 1 saturated heterocycles. The highest BCUT2D eigenvalue weighted by Crippen LogP contribution is 2.44. The van der Waals surface area contributed by atoms with E-state index >= 15 is 0 Å². The second-order valence-electron chi connectivity index (χ2n) is 7.44. The van der Waals surface area contributed by atoms with Crippen LogP contribution in [0.5, 0.6) is 0 Å². The van der Waals surface area contributed by atoms with Crippen LogP contribution in [0.4, 0.5) is 14.5 Å². The number of aromatic nitrogens is 1. The molecule has 7 heteroatoms. The van der Waals surface area contributed by atoms with Crippen LogP contribution >= 0.6 is 0 Å². The predicted molar refractivity (Wildman–Crippen MR) is 116 cm³/mol. The standard InChI is InChI=1S/C25H16F2N2O3/c26-15-7-5-14(6-8-15)23(30)21-22(19-13-28-20-4-2-1-3-18(19)20)29(25(32)24(21)31)17-11-9-16(27)10-12-17/h1-13,22,28,30H/b23-21+. The molecule has 0 aliphatic carbocycles. The molecular weight excluding hydrogens is 414 g/mol. The Hall–Kier alpha value is -4.26. The predicted octanol–water partition coefficient (Wildman–Crippen LogP) is 5.07. The molecule has 1 aromatic heterocycles. The van der Waals surface area contributed by atoms with Gasteiger partial charge >= 0.3 is 0 Å². The normalized spacial score (nSPS) is 17.9. The van der Waals surface area contributed by atoms with Gasteiger partial charge in [-0.15, -0.1) is 0 Å². The number of aliphatic hydroxyl groups excluding tert-OH is 1. The molecule has 5 rings (SSSR count). The fourth-order valence-corrected chi connectivity index (χ4v) is 4.08. The molecular formula is C25H16F2N2O3. The van der Waals surface area contributed by atoms with Gasteiger partial charge in [-0.05, 0) is 54.6 Å². The van der Waals surface area contributed by atoms with Crippen molar-refractivity contribution in [1.29, 1.82) is 0 Å². The third-order valence-corrected chi connectivity index (χ3v) is 5.58. The van der Waals surface area contributed by atoms with Gasteiger partial charge in [0.1, 0.15) is 17.4 Å². The van der Waals surface area contributed by atoms with Crippen molar-refractivity contribution in [3.05, 3.63) is 107 Å². The number of aromatic amines is 1. The number of carbonyl (C=O) groups is 2. The van der Waals surface area contributed by atoms with Crippen molar-refractivity contribution in [3.63, 3.8) is 0 Å². The number of para-hydroxylation sites is 1. The summed E-state index contributed by atoms with van der Waals surface area (Å²) in [5, 5.41) is 11.8. The minimum Gasteiger partial charge on any atom is -0.507 e. The molecule has 4 aromatic rings. The van der Waals surface area contributed by atoms with E-state index in [0.717, 1.165) is 23.0 Å². The van der Waals surface area contributed by atoms with Crippen molar-refractivity contribution >= 4 is 34.0 Å². The maximum Gasteiger partial charge on any atom is 0.300 e. The molecule has 1 aliphatic heterocycles. The first-order valence-electron chi connectivity index (χ1n) is 9.84. The van der Waals surface area contributed by atoms with Crippen LogP contribution in [0, 0.1) is 11.6 Å². The van der Waals surface area contributed by atoms with E-state index in [1.165, 1.54) is 41.3 Å². The lowest BCUT2D eigenvalue weighted by Crippen LogP contribution is -2.29. The largest absolute Gasteiger partial charge is 0.507 e. The highest BCUT2D eigenvalue weighted by Gasteiger charge is 2.47. The summed E-state index contributed by atoms with van der Waals surface area (Å²) in [6.45, 7) is 0. The molecule has 2 heterocycles. The molecule has 1 amide bonds. The van der Waals surface area contributed by atoms with Crippen LogP contribution in [0.15, 0.2) is 84.6 Å². The first-order valence-corrected chi connectivity index (χ1v) is 9.84. The van der Waals surface area contributed by atoms with Crippen molar-refractivity contribution in [2.45, 2.75) is 6.04 Å². The van der Waals surface area contributed by atoms with Gasteiger partial charge < -0.3 is 10.1 Å². The molecule has 0 radical (unpaired) electrons. The Morgan fingerprint density at radius 1 is 0.875 bits per heavy atom. The number of fused-ring (bicyclic) bond motifs is 1. The summed E-state index contributed by atoms with van der Waals surface area (Å²) >= 11 is 0. The highest BCUT2D eigenvalue weighted by molar-refractivity contribution is 6.51. The summed E-state index contributed by atoms with van der Waals surface area (Å²) in [6, 6.07) is 16.6. The minimum atomic E-state index is -0.971. The number of hydrogen-bond donors (Lipinski definition) is 2. The number of anilines is 1. The number of carbonyl (C=O) groups excluding carboxylic acids is 2. The number of halogens is 2. The van der Waals surface area contributed by atoms with E-state index in [1.807, 2.05) is 24.3 Å². The number of nitrogens with zero attached hydrogens (tertiary/aromatic N) is 1. The Kier molecular flexibility index (Phi) is 4.59. The van der Waals surface area contributed by atoms with Crippen molar-refractivity contribution < 1.29 is 23.5 Å². The van der Waals surface area contributed by atoms with E-state index in [4.69, 9.17) is 0 Å². The van der Waals surface area contributed by atoms with Gasteiger partial charge in [0.15, 0.2) is 0 Å². The number of rotatable bonds is 3. The van der Waals surface area contributed by atoms with Gasteiger partial charge in [0.25, 0.3) is 11.7 Å². The number of amides is 1. The monoisotopic (exact) mass is 430 g/mol. The smallest absolute Gasteiger partial charge is 0.300 e. The third-order valence-electron chi connectivity index (χ3n) is 5.58. The van der Waals surface area contributed by atoms with E-state index in [0.29, 0.717) is 11.3 Å². The lowest BCUT2D eigenvalue weighted by Gasteiger charge is -2.25. The SMILES string of the molecule is O=C1C(=O)N(c2ccc(F)cc2)C(c2c[nH]c3ccccc23)/C1=C(\O)c1ccc(F)cc1. The van der Waals surface area contributed by atoms with Crippen LogP contribution in [0.3, 0.4) is 0 Å². The summed E-state index contributed by atoms with van der Waals surface area (Å²) in [7, 11) is 0. The molecule has 1 unspecified atom stereocenters. The molecule has 5 nitrogen and oxygen atoms in total. The van der Waals surface area contributed by atoms with Gasteiger partial charge in [0.05, 0.1) is 11.6 Å². The molecule has 1 atom stereocenters. The topological polar surface area (TPSA) is 73.4 Å². The zero-order valence-corrected chi connectivity index (χ0v) is 16.5. The average molecular weight is 430 g/mol. The second-order valence-corrected chi connectivity index (χ2v) is 7.44. The van der Waals surface area contributed by atoms with Gasteiger partial charge in [-0.25, -0.2) is 8.78 Å². The van der Waals surface area contributed by atoms with Crippen molar-refractivity contribution in [2.24, 2.45) is 0 Å². The van der Waals surface area contributed by atoms with Gasteiger partial charge in [0.2, 0.25) is 0 Å². The summed E-state index contributed by atoms with van der Waals surface area (Å²) < 4.78 is 26.9. The third kappa shape index (κ3) is 3.06. The fraction of sp³-hybridized carbons (Fsp3) is 0.0400.